The molecule has 37 heavy (non-hydrogen) atoms. The van der Waals surface area contributed by atoms with Crippen molar-refractivity contribution in [3.63, 3.8) is 0 Å². The number of nitriles is 2. The van der Waals surface area contributed by atoms with E-state index < -0.39 is 17.3 Å². The van der Waals surface area contributed by atoms with Gasteiger partial charge in [-0.2, -0.15) is 28.7 Å². The summed E-state index contributed by atoms with van der Waals surface area (Å²) in [5, 5.41) is 22.3. The van der Waals surface area contributed by atoms with Crippen molar-refractivity contribution < 1.29 is 17.9 Å². The van der Waals surface area contributed by atoms with Crippen molar-refractivity contribution in [2.45, 2.75) is 6.18 Å². The number of nitrogens with one attached hydrogen (secondary N) is 2. The molecule has 0 atom stereocenters. The summed E-state index contributed by atoms with van der Waals surface area (Å²) in [7, 11) is 2.71. The summed E-state index contributed by atoms with van der Waals surface area (Å²) in [6.45, 7) is 0. The van der Waals surface area contributed by atoms with Crippen LogP contribution in [-0.2, 0) is 20.3 Å². The first kappa shape index (κ1) is 23.4. The molecule has 11 nitrogen and oxygen atoms in total. The Labute approximate surface area is 205 Å². The maximum Gasteiger partial charge on any atom is 0.417 e. The van der Waals surface area contributed by atoms with E-state index in [0.29, 0.717) is 28.9 Å². The molecule has 0 spiro atoms. The molecule has 2 N–H and O–H groups in total. The number of aromatic amines is 1. The summed E-state index contributed by atoms with van der Waals surface area (Å²) >= 11 is 0. The van der Waals surface area contributed by atoms with E-state index in [0.717, 1.165) is 4.57 Å². The Balaban J connectivity index is 1.56. The molecule has 0 saturated heterocycles. The monoisotopic (exact) mass is 505 g/mol. The van der Waals surface area contributed by atoms with E-state index >= 15 is 0 Å². The molecule has 0 bridgehead atoms. The van der Waals surface area contributed by atoms with Crippen molar-refractivity contribution in [1.82, 2.24) is 29.1 Å². The van der Waals surface area contributed by atoms with E-state index in [-0.39, 0.29) is 39.9 Å². The third kappa shape index (κ3) is 3.96. The smallest absolute Gasteiger partial charge is 0.417 e. The lowest BCUT2D eigenvalue weighted by atomic mass is 10.2. The molecule has 5 rings (SSSR count). The maximum absolute atomic E-state index is 13.3. The molecule has 0 saturated carbocycles. The van der Waals surface area contributed by atoms with Crippen molar-refractivity contribution in [3.05, 3.63) is 64.0 Å². The minimum absolute atomic E-state index is 0.0124. The zero-order valence-corrected chi connectivity index (χ0v) is 19.0. The van der Waals surface area contributed by atoms with Crippen molar-refractivity contribution in [3.8, 4) is 23.6 Å². The van der Waals surface area contributed by atoms with Crippen LogP contribution in [0.25, 0.3) is 22.2 Å². The molecule has 0 radical (unpaired) electrons. The van der Waals surface area contributed by atoms with E-state index in [9.17, 15) is 28.5 Å². The van der Waals surface area contributed by atoms with Gasteiger partial charge in [-0.1, -0.05) is 0 Å². The first-order valence-electron chi connectivity index (χ1n) is 10.5. The summed E-state index contributed by atoms with van der Waals surface area (Å²) in [6.07, 6.45) is 0.221. The van der Waals surface area contributed by atoms with Crippen LogP contribution in [0, 0.1) is 22.7 Å². The van der Waals surface area contributed by atoms with Crippen LogP contribution in [0.5, 0.6) is 11.5 Å². The fraction of sp³-hybridized carbons (Fsp3) is 0.130. The van der Waals surface area contributed by atoms with E-state index in [2.05, 4.69) is 25.3 Å². The van der Waals surface area contributed by atoms with E-state index in [4.69, 9.17) is 4.74 Å². The molecule has 184 valence electrons. The molecule has 0 aliphatic rings. The van der Waals surface area contributed by atoms with Gasteiger partial charge in [0.05, 0.1) is 23.5 Å². The Morgan fingerprint density at radius 2 is 1.92 bits per heavy atom. The van der Waals surface area contributed by atoms with Gasteiger partial charge in [0.2, 0.25) is 5.95 Å². The number of aryl methyl sites for hydroxylation is 2. The van der Waals surface area contributed by atoms with Crippen molar-refractivity contribution in [2.75, 3.05) is 5.32 Å². The third-order valence-electron chi connectivity index (χ3n) is 5.59. The molecule has 0 amide bonds. The minimum Gasteiger partial charge on any atom is -0.453 e. The number of pyridine rings is 3. The molecule has 5 heterocycles. The molecule has 0 fully saturated rings. The predicted octanol–water partition coefficient (Wildman–Crippen LogP) is 3.84. The summed E-state index contributed by atoms with van der Waals surface area (Å²) < 4.78 is 47.8. The van der Waals surface area contributed by atoms with Gasteiger partial charge in [0.25, 0.3) is 5.56 Å². The average Bonchev–Trinajstić information content (AvgIpc) is 3.41. The van der Waals surface area contributed by atoms with Crippen LogP contribution in [0.3, 0.4) is 0 Å². The Hall–Kier alpha value is -5.37. The molecule has 0 unspecified atom stereocenters. The zero-order chi connectivity index (χ0) is 26.5. The second-order valence-corrected chi connectivity index (χ2v) is 7.94. The number of hydrogen-bond acceptors (Lipinski definition) is 8. The number of imidazole rings is 1. The highest BCUT2D eigenvalue weighted by Crippen LogP contribution is 2.33. The Bertz CT molecular complexity index is 1850. The lowest BCUT2D eigenvalue weighted by molar-refractivity contribution is -0.138. The van der Waals surface area contributed by atoms with Crippen LogP contribution in [0.15, 0.2) is 41.7 Å². The highest BCUT2D eigenvalue weighted by Gasteiger charge is 2.32. The van der Waals surface area contributed by atoms with Gasteiger partial charge in [-0.25, -0.2) is 9.97 Å². The lowest BCUT2D eigenvalue weighted by Gasteiger charge is -2.12. The second-order valence-electron chi connectivity index (χ2n) is 7.94. The number of hydrogen-bond donors (Lipinski definition) is 2. The summed E-state index contributed by atoms with van der Waals surface area (Å²) in [5.74, 6) is 0.297. The van der Waals surface area contributed by atoms with Gasteiger partial charge >= 0.3 is 6.18 Å². The zero-order valence-electron chi connectivity index (χ0n) is 19.0. The number of aromatic nitrogens is 6. The average molecular weight is 505 g/mol. The predicted molar refractivity (Wildman–Crippen MR) is 124 cm³/mol. The van der Waals surface area contributed by atoms with Gasteiger partial charge < -0.3 is 24.2 Å². The standard InChI is InChI=1S/C23H14F3N9O2/c1-34-10-12(23(24,25)26)3-16(21(34)36)32-22-33-20-18(35(22)2)15(6-28)17(9-31-20)37-13-4-14-11(5-27)7-29-19(14)30-8-13/h3-4,7-10H,1-2H3,(H,29,30)(H,31,32,33). The van der Waals surface area contributed by atoms with Crippen molar-refractivity contribution in [2.24, 2.45) is 14.1 Å². The number of anilines is 2. The van der Waals surface area contributed by atoms with E-state index in [1.807, 2.05) is 12.1 Å². The third-order valence-corrected chi connectivity index (χ3v) is 5.59. The van der Waals surface area contributed by atoms with Crippen LogP contribution in [-0.4, -0.2) is 29.1 Å². The molecule has 0 aliphatic heterocycles. The highest BCUT2D eigenvalue weighted by molar-refractivity contribution is 5.85. The van der Waals surface area contributed by atoms with Crippen LogP contribution in [0.4, 0.5) is 24.8 Å². The molecule has 14 heteroatoms. The number of nitrogens with zero attached hydrogens (tertiary/aromatic N) is 7. The molecular weight excluding hydrogens is 491 g/mol. The van der Waals surface area contributed by atoms with Gasteiger partial charge in [0, 0.05) is 31.9 Å². The van der Waals surface area contributed by atoms with Crippen LogP contribution < -0.4 is 15.6 Å². The SMILES string of the molecule is Cn1cc(C(F)(F)F)cc(Nc2nc3ncc(Oc4cnc5[nH]cc(C#N)c5c4)c(C#N)c3n2C)c1=O. The Morgan fingerprint density at radius 3 is 2.62 bits per heavy atom. The fourth-order valence-corrected chi connectivity index (χ4v) is 3.79. The number of H-pyrrole nitrogens is 1. The largest absolute Gasteiger partial charge is 0.453 e. The molecule has 0 aromatic carbocycles. The Morgan fingerprint density at radius 1 is 1.14 bits per heavy atom. The van der Waals surface area contributed by atoms with E-state index in [1.54, 1.807) is 6.07 Å². The van der Waals surface area contributed by atoms with Gasteiger partial charge in [-0.15, -0.1) is 0 Å². The van der Waals surface area contributed by atoms with Crippen LogP contribution in [0.2, 0.25) is 0 Å². The number of rotatable bonds is 4. The maximum atomic E-state index is 13.3. The quantitative estimate of drug-likeness (QED) is 0.374. The number of halogens is 3. The van der Waals surface area contributed by atoms with Gasteiger partial charge in [-0.05, 0) is 12.1 Å². The number of alkyl halides is 3. The number of fused-ring (bicyclic) bond motifs is 2. The highest BCUT2D eigenvalue weighted by atomic mass is 19.4. The van der Waals surface area contributed by atoms with Crippen LogP contribution in [0.1, 0.15) is 16.7 Å². The molecule has 5 aromatic heterocycles. The van der Waals surface area contributed by atoms with Crippen LogP contribution >= 0.6 is 0 Å². The fourth-order valence-electron chi connectivity index (χ4n) is 3.79. The lowest BCUT2D eigenvalue weighted by Crippen LogP contribution is -2.23. The second kappa shape index (κ2) is 8.39. The number of ether oxygens (including phenoxy) is 1. The van der Waals surface area contributed by atoms with Crippen molar-refractivity contribution in [1.29, 1.82) is 10.5 Å². The summed E-state index contributed by atoms with van der Waals surface area (Å²) in [4.78, 5) is 28.0. The van der Waals surface area contributed by atoms with Gasteiger partial charge in [0.15, 0.2) is 11.4 Å². The first-order chi connectivity index (χ1) is 17.6. The summed E-state index contributed by atoms with van der Waals surface area (Å²) in [5.41, 5.74) is -0.865. The Kier molecular flexibility index (Phi) is 5.30. The first-order valence-corrected chi connectivity index (χ1v) is 10.5. The van der Waals surface area contributed by atoms with Gasteiger partial charge in [0.1, 0.15) is 40.3 Å². The van der Waals surface area contributed by atoms with Gasteiger partial charge in [-0.3, -0.25) is 4.79 Å². The summed E-state index contributed by atoms with van der Waals surface area (Å²) in [6, 6.07) is 6.35. The minimum atomic E-state index is -4.66. The molecule has 0 aliphatic carbocycles. The molecule has 5 aromatic rings. The van der Waals surface area contributed by atoms with E-state index in [1.165, 1.54) is 37.3 Å². The normalized spacial score (nSPS) is 11.4. The van der Waals surface area contributed by atoms with Crippen molar-refractivity contribution >= 4 is 33.8 Å². The molecular formula is C23H14F3N9O2. The topological polar surface area (TPSA) is 150 Å².